The molecular formula is C24H30ClF3N4O4. The predicted molar refractivity (Wildman–Crippen MR) is 131 cm³/mol. The number of nitrogens with two attached hydrogens (primary N) is 1. The minimum Gasteiger partial charge on any atom is -0.445 e. The van der Waals surface area contributed by atoms with Gasteiger partial charge in [0, 0.05) is 12.2 Å². The van der Waals surface area contributed by atoms with Gasteiger partial charge in [-0.15, -0.1) is 12.4 Å². The van der Waals surface area contributed by atoms with E-state index in [0.29, 0.717) is 25.8 Å². The molecular weight excluding hydrogens is 501 g/mol. The van der Waals surface area contributed by atoms with Crippen molar-refractivity contribution in [3.63, 3.8) is 0 Å². The Morgan fingerprint density at radius 1 is 0.972 bits per heavy atom. The molecule has 0 saturated heterocycles. The summed E-state index contributed by atoms with van der Waals surface area (Å²) >= 11 is 0. The molecule has 2 atom stereocenters. The van der Waals surface area contributed by atoms with E-state index in [1.165, 1.54) is 6.92 Å². The Morgan fingerprint density at radius 2 is 1.61 bits per heavy atom. The van der Waals surface area contributed by atoms with Crippen LogP contribution in [-0.4, -0.2) is 36.5 Å². The van der Waals surface area contributed by atoms with E-state index in [2.05, 4.69) is 16.0 Å². The van der Waals surface area contributed by atoms with E-state index >= 15 is 0 Å². The van der Waals surface area contributed by atoms with E-state index in [4.69, 9.17) is 10.5 Å². The monoisotopic (exact) mass is 530 g/mol. The van der Waals surface area contributed by atoms with E-state index in [-0.39, 0.29) is 24.7 Å². The van der Waals surface area contributed by atoms with Gasteiger partial charge in [0.1, 0.15) is 12.6 Å². The number of carbonyl (C=O) groups excluding carboxylic acids is 3. The number of carbonyl (C=O) groups is 3. The number of amides is 3. The van der Waals surface area contributed by atoms with Crippen molar-refractivity contribution in [2.24, 2.45) is 5.73 Å². The fraction of sp³-hybridized carbons (Fsp3) is 0.375. The molecule has 36 heavy (non-hydrogen) atoms. The molecule has 0 saturated carbocycles. The lowest BCUT2D eigenvalue weighted by atomic mass is 10.1. The maximum absolute atomic E-state index is 12.6. The smallest absolute Gasteiger partial charge is 0.416 e. The first-order valence-electron chi connectivity index (χ1n) is 11.0. The highest BCUT2D eigenvalue weighted by atomic mass is 35.5. The SMILES string of the molecule is C[C@H](NC(=O)[C@@H](N)CCCCNC(=O)OCc1ccccc1)C(=O)Nc1ccc(C(F)(F)F)cc1.Cl. The molecule has 3 amide bonds. The number of hydrogen-bond acceptors (Lipinski definition) is 5. The van der Waals surface area contributed by atoms with Gasteiger partial charge in [0.15, 0.2) is 0 Å². The number of halogens is 4. The molecule has 0 aliphatic carbocycles. The van der Waals surface area contributed by atoms with Crippen LogP contribution in [0, 0.1) is 0 Å². The summed E-state index contributed by atoms with van der Waals surface area (Å²) in [5.41, 5.74) is 6.08. The molecule has 2 aromatic rings. The molecule has 198 valence electrons. The molecule has 0 aliphatic rings. The van der Waals surface area contributed by atoms with Crippen molar-refractivity contribution < 1.29 is 32.3 Å². The first-order chi connectivity index (χ1) is 16.6. The highest BCUT2D eigenvalue weighted by Gasteiger charge is 2.30. The van der Waals surface area contributed by atoms with Gasteiger partial charge in [0.05, 0.1) is 11.6 Å². The summed E-state index contributed by atoms with van der Waals surface area (Å²) in [6.07, 6.45) is -3.55. The molecule has 0 bridgehead atoms. The topological polar surface area (TPSA) is 123 Å². The molecule has 5 N–H and O–H groups in total. The molecule has 2 rings (SSSR count). The molecule has 0 heterocycles. The quantitative estimate of drug-likeness (QED) is 0.327. The minimum absolute atomic E-state index is 0. The van der Waals surface area contributed by atoms with Crippen molar-refractivity contribution in [2.75, 3.05) is 11.9 Å². The van der Waals surface area contributed by atoms with E-state index in [1.54, 1.807) is 0 Å². The zero-order chi connectivity index (χ0) is 25.8. The summed E-state index contributed by atoms with van der Waals surface area (Å²) in [5.74, 6) is -1.13. The van der Waals surface area contributed by atoms with Crippen LogP contribution in [-0.2, 0) is 27.1 Å². The van der Waals surface area contributed by atoms with Gasteiger partial charge in [0.25, 0.3) is 0 Å². The number of hydrogen-bond donors (Lipinski definition) is 4. The van der Waals surface area contributed by atoms with Crippen LogP contribution in [0.5, 0.6) is 0 Å². The van der Waals surface area contributed by atoms with Gasteiger partial charge in [-0.05, 0) is 56.0 Å². The molecule has 0 spiro atoms. The normalized spacial score (nSPS) is 12.5. The summed E-state index contributed by atoms with van der Waals surface area (Å²) in [5, 5.41) is 7.54. The fourth-order valence-electron chi connectivity index (χ4n) is 2.96. The third kappa shape index (κ3) is 11.0. The number of anilines is 1. The number of alkyl carbamates (subject to hydrolysis) is 1. The number of rotatable bonds is 11. The average molecular weight is 531 g/mol. The van der Waals surface area contributed by atoms with Crippen LogP contribution in [0.2, 0.25) is 0 Å². The summed E-state index contributed by atoms with van der Waals surface area (Å²) in [4.78, 5) is 36.1. The average Bonchev–Trinajstić information content (AvgIpc) is 2.82. The molecule has 8 nitrogen and oxygen atoms in total. The van der Waals surface area contributed by atoms with Crippen molar-refractivity contribution >= 4 is 36.0 Å². The van der Waals surface area contributed by atoms with Crippen LogP contribution in [0.1, 0.15) is 37.3 Å². The second kappa shape index (κ2) is 14.9. The van der Waals surface area contributed by atoms with Crippen molar-refractivity contribution in [3.8, 4) is 0 Å². The summed E-state index contributed by atoms with van der Waals surface area (Å²) in [6, 6.07) is 11.4. The van der Waals surface area contributed by atoms with Gasteiger partial charge in [-0.1, -0.05) is 30.3 Å². The summed E-state index contributed by atoms with van der Waals surface area (Å²) in [7, 11) is 0. The predicted octanol–water partition coefficient (Wildman–Crippen LogP) is 3.99. The zero-order valence-corrected chi connectivity index (χ0v) is 20.5. The number of benzene rings is 2. The van der Waals surface area contributed by atoms with Crippen LogP contribution in [0.3, 0.4) is 0 Å². The fourth-order valence-corrected chi connectivity index (χ4v) is 2.96. The first-order valence-corrected chi connectivity index (χ1v) is 11.0. The maximum Gasteiger partial charge on any atom is 0.416 e. The van der Waals surface area contributed by atoms with Crippen LogP contribution >= 0.6 is 12.4 Å². The molecule has 0 aromatic heterocycles. The molecule has 12 heteroatoms. The largest absolute Gasteiger partial charge is 0.445 e. The molecule has 0 unspecified atom stereocenters. The van der Waals surface area contributed by atoms with E-state index in [1.807, 2.05) is 30.3 Å². The lowest BCUT2D eigenvalue weighted by Gasteiger charge is -2.17. The third-order valence-electron chi connectivity index (χ3n) is 4.99. The van der Waals surface area contributed by atoms with Crippen molar-refractivity contribution in [3.05, 3.63) is 65.7 Å². The standard InChI is InChI=1S/C24H29F3N4O4.ClH/c1-16(21(32)31-19-12-10-18(11-13-19)24(25,26)27)30-22(33)20(28)9-5-6-14-29-23(34)35-15-17-7-3-2-4-8-17;/h2-4,7-8,10-13,16,20H,5-6,9,14-15,28H2,1H3,(H,29,34)(H,30,33)(H,31,32);1H/t16-,20-;/m0./s1. The molecule has 0 aliphatic heterocycles. The third-order valence-corrected chi connectivity index (χ3v) is 4.99. The van der Waals surface area contributed by atoms with Crippen LogP contribution in [0.15, 0.2) is 54.6 Å². The molecule has 2 aromatic carbocycles. The number of nitrogens with one attached hydrogen (secondary N) is 3. The zero-order valence-electron chi connectivity index (χ0n) is 19.6. The van der Waals surface area contributed by atoms with Crippen molar-refractivity contribution in [1.29, 1.82) is 0 Å². The van der Waals surface area contributed by atoms with Gasteiger partial charge in [-0.25, -0.2) is 4.79 Å². The highest BCUT2D eigenvalue weighted by Crippen LogP contribution is 2.29. The van der Waals surface area contributed by atoms with Gasteiger partial charge >= 0.3 is 12.3 Å². The molecule has 0 fully saturated rings. The number of ether oxygens (including phenoxy) is 1. The summed E-state index contributed by atoms with van der Waals surface area (Å²) < 4.78 is 42.9. The Kier molecular flexibility index (Phi) is 12.8. The lowest BCUT2D eigenvalue weighted by Crippen LogP contribution is -2.48. The highest BCUT2D eigenvalue weighted by molar-refractivity contribution is 5.97. The Morgan fingerprint density at radius 3 is 2.22 bits per heavy atom. The lowest BCUT2D eigenvalue weighted by molar-refractivity contribution is -0.137. The Balaban J connectivity index is 0.00000648. The second-order valence-corrected chi connectivity index (χ2v) is 7.89. The van der Waals surface area contributed by atoms with E-state index < -0.39 is 41.7 Å². The Hall–Kier alpha value is -3.31. The minimum atomic E-state index is -4.47. The maximum atomic E-state index is 12.6. The Labute approximate surface area is 213 Å². The number of unbranched alkanes of at least 4 members (excludes halogenated alkanes) is 1. The van der Waals surface area contributed by atoms with Crippen LogP contribution < -0.4 is 21.7 Å². The summed E-state index contributed by atoms with van der Waals surface area (Å²) in [6.45, 7) is 1.96. The second-order valence-electron chi connectivity index (χ2n) is 7.89. The van der Waals surface area contributed by atoms with Crippen LogP contribution in [0.25, 0.3) is 0 Å². The van der Waals surface area contributed by atoms with Gasteiger partial charge in [-0.3, -0.25) is 9.59 Å². The van der Waals surface area contributed by atoms with E-state index in [0.717, 1.165) is 29.8 Å². The first kappa shape index (κ1) is 30.7. The van der Waals surface area contributed by atoms with Crippen LogP contribution in [0.4, 0.5) is 23.7 Å². The van der Waals surface area contributed by atoms with Gasteiger partial charge < -0.3 is 26.4 Å². The van der Waals surface area contributed by atoms with E-state index in [9.17, 15) is 27.6 Å². The molecule has 0 radical (unpaired) electrons. The Bertz CT molecular complexity index is 976. The van der Waals surface area contributed by atoms with Crippen molar-refractivity contribution in [1.82, 2.24) is 10.6 Å². The van der Waals surface area contributed by atoms with Crippen molar-refractivity contribution in [2.45, 2.75) is 51.1 Å². The number of alkyl halides is 3. The van der Waals surface area contributed by atoms with Gasteiger partial charge in [0.2, 0.25) is 11.8 Å². The van der Waals surface area contributed by atoms with Gasteiger partial charge in [-0.2, -0.15) is 13.2 Å².